The van der Waals surface area contributed by atoms with E-state index < -0.39 is 6.10 Å². The quantitative estimate of drug-likeness (QED) is 0.927. The molecule has 0 spiro atoms. The second-order valence-electron chi connectivity index (χ2n) is 6.64. The van der Waals surface area contributed by atoms with Crippen LogP contribution in [0.4, 0.5) is 0 Å². The van der Waals surface area contributed by atoms with Crippen LogP contribution in [0, 0.1) is 19.8 Å². The molecule has 0 aliphatic carbocycles. The van der Waals surface area contributed by atoms with Gasteiger partial charge in [-0.15, -0.1) is 0 Å². The Morgan fingerprint density at radius 3 is 2.32 bits per heavy atom. The molecule has 122 valence electrons. The second kappa shape index (κ2) is 7.25. The number of aryl methyl sites for hydroxylation is 2. The highest BCUT2D eigenvalue weighted by Crippen LogP contribution is 2.19. The summed E-state index contributed by atoms with van der Waals surface area (Å²) in [5, 5.41) is 10.4. The van der Waals surface area contributed by atoms with Crippen molar-refractivity contribution in [2.75, 3.05) is 32.7 Å². The molecule has 4 heteroatoms. The first-order chi connectivity index (χ1) is 10.4. The molecule has 1 amide bonds. The molecule has 1 heterocycles. The molecule has 1 aromatic carbocycles. The maximum Gasteiger partial charge on any atom is 0.225 e. The average Bonchev–Trinajstić information content (AvgIpc) is 2.50. The van der Waals surface area contributed by atoms with Gasteiger partial charge in [0.25, 0.3) is 0 Å². The Morgan fingerprint density at radius 1 is 1.14 bits per heavy atom. The predicted molar refractivity (Wildman–Crippen MR) is 88.7 cm³/mol. The minimum atomic E-state index is -0.466. The molecule has 1 aliphatic rings. The van der Waals surface area contributed by atoms with Crippen molar-refractivity contribution in [1.82, 2.24) is 9.80 Å². The lowest BCUT2D eigenvalue weighted by molar-refractivity contribution is -0.136. The molecule has 0 aromatic heterocycles. The van der Waals surface area contributed by atoms with Crippen molar-refractivity contribution < 1.29 is 9.90 Å². The summed E-state index contributed by atoms with van der Waals surface area (Å²) in [6.45, 7) is 11.9. The van der Waals surface area contributed by atoms with Crippen LogP contribution in [0.25, 0.3) is 0 Å². The van der Waals surface area contributed by atoms with Gasteiger partial charge in [0.2, 0.25) is 5.91 Å². The molecule has 1 N–H and O–H groups in total. The van der Waals surface area contributed by atoms with E-state index in [-0.39, 0.29) is 11.8 Å². The van der Waals surface area contributed by atoms with Gasteiger partial charge in [0, 0.05) is 38.6 Å². The molecule has 1 aromatic rings. The zero-order valence-corrected chi connectivity index (χ0v) is 14.2. The van der Waals surface area contributed by atoms with E-state index in [1.165, 1.54) is 11.1 Å². The van der Waals surface area contributed by atoms with Gasteiger partial charge in [-0.1, -0.05) is 32.0 Å². The number of amides is 1. The van der Waals surface area contributed by atoms with Gasteiger partial charge in [-0.2, -0.15) is 0 Å². The van der Waals surface area contributed by atoms with Gasteiger partial charge in [0.05, 0.1) is 6.10 Å². The summed E-state index contributed by atoms with van der Waals surface area (Å²) in [7, 11) is 0. The first-order valence-corrected chi connectivity index (χ1v) is 8.15. The fourth-order valence-electron chi connectivity index (χ4n) is 2.84. The molecular weight excluding hydrogens is 276 g/mol. The largest absolute Gasteiger partial charge is 0.387 e. The molecule has 0 bridgehead atoms. The monoisotopic (exact) mass is 304 g/mol. The Hall–Kier alpha value is -1.39. The molecule has 4 nitrogen and oxygen atoms in total. The highest BCUT2D eigenvalue weighted by molar-refractivity contribution is 5.78. The van der Waals surface area contributed by atoms with Crippen LogP contribution >= 0.6 is 0 Å². The summed E-state index contributed by atoms with van der Waals surface area (Å²) >= 11 is 0. The Balaban J connectivity index is 1.87. The van der Waals surface area contributed by atoms with E-state index in [4.69, 9.17) is 0 Å². The van der Waals surface area contributed by atoms with E-state index in [9.17, 15) is 9.90 Å². The Kier molecular flexibility index (Phi) is 5.59. The summed E-state index contributed by atoms with van der Waals surface area (Å²) in [5.41, 5.74) is 3.43. The number of carbonyl (C=O) groups is 1. The smallest absolute Gasteiger partial charge is 0.225 e. The van der Waals surface area contributed by atoms with Gasteiger partial charge in [-0.3, -0.25) is 9.69 Å². The van der Waals surface area contributed by atoms with Crippen LogP contribution in [-0.2, 0) is 4.79 Å². The lowest BCUT2D eigenvalue weighted by atomic mass is 10.0. The van der Waals surface area contributed by atoms with Crippen LogP contribution in [0.5, 0.6) is 0 Å². The van der Waals surface area contributed by atoms with Crippen LogP contribution in [0.1, 0.15) is 36.6 Å². The number of hydrogen-bond donors (Lipinski definition) is 1. The minimum Gasteiger partial charge on any atom is -0.387 e. The summed E-state index contributed by atoms with van der Waals surface area (Å²) in [6.07, 6.45) is -0.466. The Bertz CT molecular complexity index is 520. The first-order valence-electron chi connectivity index (χ1n) is 8.15. The zero-order valence-electron chi connectivity index (χ0n) is 14.2. The maximum atomic E-state index is 12.0. The highest BCUT2D eigenvalue weighted by atomic mass is 16.3. The van der Waals surface area contributed by atoms with Crippen molar-refractivity contribution in [1.29, 1.82) is 0 Å². The third-order valence-corrected chi connectivity index (χ3v) is 4.52. The van der Waals surface area contributed by atoms with E-state index >= 15 is 0 Å². The number of carbonyl (C=O) groups excluding carboxylic acids is 1. The van der Waals surface area contributed by atoms with Crippen LogP contribution in [0.3, 0.4) is 0 Å². The topological polar surface area (TPSA) is 43.8 Å². The van der Waals surface area contributed by atoms with Crippen molar-refractivity contribution in [3.05, 3.63) is 34.9 Å². The van der Waals surface area contributed by atoms with E-state index in [2.05, 4.69) is 30.9 Å². The van der Waals surface area contributed by atoms with Crippen molar-refractivity contribution >= 4 is 5.91 Å². The number of benzene rings is 1. The molecule has 0 saturated carbocycles. The molecule has 1 unspecified atom stereocenters. The molecule has 1 aliphatic heterocycles. The minimum absolute atomic E-state index is 0.0627. The number of piperazine rings is 1. The molecule has 1 saturated heterocycles. The van der Waals surface area contributed by atoms with Gasteiger partial charge in [-0.05, 0) is 30.5 Å². The van der Waals surface area contributed by atoms with E-state index in [0.717, 1.165) is 31.7 Å². The lowest BCUT2D eigenvalue weighted by Gasteiger charge is -2.36. The summed E-state index contributed by atoms with van der Waals surface area (Å²) in [5.74, 6) is 0.294. The third-order valence-electron chi connectivity index (χ3n) is 4.52. The zero-order chi connectivity index (χ0) is 16.3. The van der Waals surface area contributed by atoms with Gasteiger partial charge in [0.1, 0.15) is 0 Å². The Labute approximate surface area is 133 Å². The fourth-order valence-corrected chi connectivity index (χ4v) is 2.84. The van der Waals surface area contributed by atoms with Crippen molar-refractivity contribution in [2.24, 2.45) is 5.92 Å². The lowest BCUT2D eigenvalue weighted by Crippen LogP contribution is -2.50. The third kappa shape index (κ3) is 4.08. The first kappa shape index (κ1) is 17.0. The van der Waals surface area contributed by atoms with Gasteiger partial charge in [-0.25, -0.2) is 0 Å². The molecule has 1 atom stereocenters. The van der Waals surface area contributed by atoms with Crippen LogP contribution < -0.4 is 0 Å². The summed E-state index contributed by atoms with van der Waals surface area (Å²) < 4.78 is 0. The normalized spacial score (nSPS) is 17.8. The second-order valence-corrected chi connectivity index (χ2v) is 6.64. The van der Waals surface area contributed by atoms with E-state index in [1.807, 2.05) is 24.8 Å². The van der Waals surface area contributed by atoms with Crippen molar-refractivity contribution in [3.63, 3.8) is 0 Å². The fraction of sp³-hybridized carbons (Fsp3) is 0.611. The molecule has 1 fully saturated rings. The van der Waals surface area contributed by atoms with E-state index in [0.29, 0.717) is 6.54 Å². The maximum absolute atomic E-state index is 12.0. The molecule has 0 radical (unpaired) electrons. The molecule has 22 heavy (non-hydrogen) atoms. The SMILES string of the molecule is Cc1ccc(C(O)CN2CCN(C(=O)C(C)C)CC2)cc1C. The number of rotatable bonds is 4. The number of aliphatic hydroxyl groups is 1. The van der Waals surface area contributed by atoms with Crippen LogP contribution in [0.15, 0.2) is 18.2 Å². The molecular formula is C18H28N2O2. The van der Waals surface area contributed by atoms with Gasteiger partial charge >= 0.3 is 0 Å². The highest BCUT2D eigenvalue weighted by Gasteiger charge is 2.24. The van der Waals surface area contributed by atoms with Gasteiger partial charge < -0.3 is 10.0 Å². The van der Waals surface area contributed by atoms with Crippen LogP contribution in [0.2, 0.25) is 0 Å². The van der Waals surface area contributed by atoms with Gasteiger partial charge in [0.15, 0.2) is 0 Å². The standard InChI is InChI=1S/C18H28N2O2/c1-13(2)18(22)20-9-7-19(8-10-20)12-17(21)16-6-5-14(3)15(4)11-16/h5-6,11,13,17,21H,7-10,12H2,1-4H3. The molecule has 2 rings (SSSR count). The number of β-amino-alcohol motifs (C(OH)–C–C–N with tert-alkyl or cyclic N) is 1. The van der Waals surface area contributed by atoms with Crippen molar-refractivity contribution in [3.8, 4) is 0 Å². The van der Waals surface area contributed by atoms with Crippen LogP contribution in [-0.4, -0.2) is 53.5 Å². The number of hydrogen-bond acceptors (Lipinski definition) is 3. The predicted octanol–water partition coefficient (Wildman–Crippen LogP) is 2.14. The van der Waals surface area contributed by atoms with E-state index in [1.54, 1.807) is 0 Å². The summed E-state index contributed by atoms with van der Waals surface area (Å²) in [4.78, 5) is 16.1. The average molecular weight is 304 g/mol. The number of aliphatic hydroxyl groups excluding tert-OH is 1. The van der Waals surface area contributed by atoms with Crippen molar-refractivity contribution in [2.45, 2.75) is 33.8 Å². The Morgan fingerprint density at radius 2 is 1.77 bits per heavy atom. The summed E-state index contributed by atoms with van der Waals surface area (Å²) in [6, 6.07) is 6.14. The number of nitrogens with zero attached hydrogens (tertiary/aromatic N) is 2.